The first-order chi connectivity index (χ1) is 12.5. The molecule has 1 aliphatic rings. The minimum atomic E-state index is 0.158. The van der Waals surface area contributed by atoms with Gasteiger partial charge < -0.3 is 14.7 Å². The van der Waals surface area contributed by atoms with Gasteiger partial charge >= 0.3 is 0 Å². The molecule has 0 saturated heterocycles. The maximum Gasteiger partial charge on any atom is 0.242 e. The summed E-state index contributed by atoms with van der Waals surface area (Å²) in [5.74, 6) is 0.158. The van der Waals surface area contributed by atoms with Crippen molar-refractivity contribution < 1.29 is 4.79 Å². The topological polar surface area (TPSA) is 26.8 Å². The molecule has 1 aliphatic heterocycles. The fraction of sp³-hybridized carbons (Fsp3) is 0.409. The molecule has 1 atom stereocenters. The molecule has 4 nitrogen and oxygen atoms in total. The average Bonchev–Trinajstić information content (AvgIpc) is 2.64. The van der Waals surface area contributed by atoms with Crippen LogP contribution in [0.2, 0.25) is 0 Å². The molecule has 4 heteroatoms. The molecule has 0 saturated carbocycles. The third-order valence-electron chi connectivity index (χ3n) is 5.27. The molecule has 1 amide bonds. The zero-order chi connectivity index (χ0) is 18.7. The minimum absolute atomic E-state index is 0.158. The van der Waals surface area contributed by atoms with Gasteiger partial charge in [-0.3, -0.25) is 4.79 Å². The van der Waals surface area contributed by atoms with E-state index in [9.17, 15) is 4.79 Å². The summed E-state index contributed by atoms with van der Waals surface area (Å²) in [7, 11) is 5.95. The Bertz CT molecular complexity index is 754. The average molecular weight is 351 g/mol. The number of rotatable bonds is 5. The molecule has 0 aromatic heterocycles. The van der Waals surface area contributed by atoms with Crippen LogP contribution in [0.5, 0.6) is 0 Å². The number of hydrogen-bond donors (Lipinski definition) is 0. The number of benzene rings is 2. The maximum atomic E-state index is 12.8. The predicted molar refractivity (Wildman–Crippen MR) is 109 cm³/mol. The van der Waals surface area contributed by atoms with E-state index in [-0.39, 0.29) is 5.91 Å². The van der Waals surface area contributed by atoms with Crippen molar-refractivity contribution in [3.8, 4) is 0 Å². The van der Waals surface area contributed by atoms with E-state index in [1.165, 1.54) is 16.9 Å². The molecule has 138 valence electrons. The lowest BCUT2D eigenvalue weighted by atomic mass is 9.96. The van der Waals surface area contributed by atoms with E-state index in [0.29, 0.717) is 19.1 Å². The second-order valence-corrected chi connectivity index (χ2v) is 7.45. The van der Waals surface area contributed by atoms with Crippen LogP contribution in [-0.2, 0) is 17.8 Å². The van der Waals surface area contributed by atoms with Gasteiger partial charge in [-0.25, -0.2) is 0 Å². The lowest BCUT2D eigenvalue weighted by molar-refractivity contribution is -0.129. The van der Waals surface area contributed by atoms with Crippen molar-refractivity contribution in [2.75, 3.05) is 37.5 Å². The Kier molecular flexibility index (Phi) is 5.50. The van der Waals surface area contributed by atoms with Crippen molar-refractivity contribution in [2.45, 2.75) is 32.4 Å². The number of para-hydroxylation sites is 1. The highest BCUT2D eigenvalue weighted by Crippen LogP contribution is 2.30. The smallest absolute Gasteiger partial charge is 0.242 e. The van der Waals surface area contributed by atoms with Gasteiger partial charge in [0.1, 0.15) is 0 Å². The van der Waals surface area contributed by atoms with Crippen LogP contribution in [0.3, 0.4) is 0 Å². The van der Waals surface area contributed by atoms with E-state index in [4.69, 9.17) is 0 Å². The Morgan fingerprint density at radius 1 is 1.08 bits per heavy atom. The first-order valence-corrected chi connectivity index (χ1v) is 9.30. The summed E-state index contributed by atoms with van der Waals surface area (Å²) in [6.07, 6.45) is 2.19. The maximum absolute atomic E-state index is 12.8. The van der Waals surface area contributed by atoms with Gasteiger partial charge in [-0.15, -0.1) is 0 Å². The van der Waals surface area contributed by atoms with Crippen LogP contribution in [0.15, 0.2) is 48.5 Å². The molecule has 2 aromatic carbocycles. The van der Waals surface area contributed by atoms with Gasteiger partial charge in [-0.2, -0.15) is 0 Å². The van der Waals surface area contributed by atoms with Crippen LogP contribution >= 0.6 is 0 Å². The number of nitrogens with zero attached hydrogens (tertiary/aromatic N) is 3. The quantitative estimate of drug-likeness (QED) is 0.824. The Balaban J connectivity index is 1.66. The zero-order valence-corrected chi connectivity index (χ0v) is 16.3. The standard InChI is InChI=1S/C22H29N3O/c1-17-9-12-19-7-5-6-8-21(19)25(17)16-22(26)24(4)15-18-10-13-20(14-11-18)23(2)3/h5-8,10-11,13-14,17H,9,12,15-16H2,1-4H3/t17-/m1/s1. The van der Waals surface area contributed by atoms with Gasteiger partial charge in [-0.1, -0.05) is 30.3 Å². The molecule has 0 fully saturated rings. The summed E-state index contributed by atoms with van der Waals surface area (Å²) >= 11 is 0. The number of likely N-dealkylation sites (N-methyl/N-ethyl adjacent to an activating group) is 1. The Labute approximate surface area is 157 Å². The van der Waals surface area contributed by atoms with Crippen LogP contribution in [0, 0.1) is 0 Å². The van der Waals surface area contributed by atoms with E-state index in [1.807, 2.05) is 26.0 Å². The second-order valence-electron chi connectivity index (χ2n) is 7.45. The highest BCUT2D eigenvalue weighted by Gasteiger charge is 2.25. The molecule has 0 aliphatic carbocycles. The Hall–Kier alpha value is -2.49. The summed E-state index contributed by atoms with van der Waals surface area (Å²) in [5, 5.41) is 0. The number of amides is 1. The molecule has 0 radical (unpaired) electrons. The lowest BCUT2D eigenvalue weighted by Gasteiger charge is -2.37. The first kappa shape index (κ1) is 18.3. The van der Waals surface area contributed by atoms with Crippen LogP contribution < -0.4 is 9.80 Å². The van der Waals surface area contributed by atoms with Gasteiger partial charge in [0, 0.05) is 45.1 Å². The molecule has 0 spiro atoms. The van der Waals surface area contributed by atoms with Gasteiger partial charge in [0.05, 0.1) is 6.54 Å². The number of aryl methyl sites for hydroxylation is 1. The molecule has 0 bridgehead atoms. The number of carbonyl (C=O) groups is 1. The van der Waals surface area contributed by atoms with E-state index in [1.54, 1.807) is 0 Å². The fourth-order valence-corrected chi connectivity index (χ4v) is 3.53. The molecular formula is C22H29N3O. The summed E-state index contributed by atoms with van der Waals surface area (Å²) in [6, 6.07) is 17.2. The monoisotopic (exact) mass is 351 g/mol. The van der Waals surface area contributed by atoms with E-state index in [0.717, 1.165) is 18.4 Å². The van der Waals surface area contributed by atoms with Crippen LogP contribution in [-0.4, -0.2) is 44.5 Å². The predicted octanol–water partition coefficient (Wildman–Crippen LogP) is 3.55. The fourth-order valence-electron chi connectivity index (χ4n) is 3.53. The van der Waals surface area contributed by atoms with Gasteiger partial charge in [0.15, 0.2) is 0 Å². The van der Waals surface area contributed by atoms with E-state index >= 15 is 0 Å². The highest BCUT2D eigenvalue weighted by atomic mass is 16.2. The van der Waals surface area contributed by atoms with Crippen molar-refractivity contribution >= 4 is 17.3 Å². The van der Waals surface area contributed by atoms with E-state index in [2.05, 4.69) is 65.3 Å². The molecule has 1 heterocycles. The van der Waals surface area contributed by atoms with Crippen LogP contribution in [0.1, 0.15) is 24.5 Å². The molecule has 2 aromatic rings. The Morgan fingerprint density at radius 3 is 2.46 bits per heavy atom. The minimum Gasteiger partial charge on any atom is -0.378 e. The summed E-state index contributed by atoms with van der Waals surface area (Å²) in [6.45, 7) is 3.28. The van der Waals surface area contributed by atoms with E-state index < -0.39 is 0 Å². The third kappa shape index (κ3) is 4.01. The van der Waals surface area contributed by atoms with Gasteiger partial charge in [-0.05, 0) is 49.1 Å². The molecule has 3 rings (SSSR count). The SMILES string of the molecule is C[C@@H]1CCc2ccccc2N1CC(=O)N(C)Cc1ccc(N(C)C)cc1. The molecule has 0 unspecified atom stereocenters. The second kappa shape index (κ2) is 7.81. The number of anilines is 2. The van der Waals surface area contributed by atoms with Crippen molar-refractivity contribution in [1.29, 1.82) is 0 Å². The summed E-state index contributed by atoms with van der Waals surface area (Å²) < 4.78 is 0. The Morgan fingerprint density at radius 2 is 1.77 bits per heavy atom. The zero-order valence-electron chi connectivity index (χ0n) is 16.3. The highest BCUT2D eigenvalue weighted by molar-refractivity contribution is 5.82. The first-order valence-electron chi connectivity index (χ1n) is 9.30. The van der Waals surface area contributed by atoms with Gasteiger partial charge in [0.25, 0.3) is 0 Å². The van der Waals surface area contributed by atoms with Crippen molar-refractivity contribution in [3.05, 3.63) is 59.7 Å². The normalized spacial score (nSPS) is 16.2. The number of fused-ring (bicyclic) bond motifs is 1. The molecule has 0 N–H and O–H groups in total. The summed E-state index contributed by atoms with van der Waals surface area (Å²) in [4.78, 5) is 19.0. The third-order valence-corrected chi connectivity index (χ3v) is 5.27. The lowest BCUT2D eigenvalue weighted by Crippen LogP contribution is -2.44. The molecule has 26 heavy (non-hydrogen) atoms. The van der Waals surface area contributed by atoms with Crippen molar-refractivity contribution in [2.24, 2.45) is 0 Å². The molecular weight excluding hydrogens is 322 g/mol. The van der Waals surface area contributed by atoms with Crippen LogP contribution in [0.25, 0.3) is 0 Å². The summed E-state index contributed by atoms with van der Waals surface area (Å²) in [5.41, 5.74) is 4.88. The van der Waals surface area contributed by atoms with Crippen molar-refractivity contribution in [3.63, 3.8) is 0 Å². The van der Waals surface area contributed by atoms with Crippen molar-refractivity contribution in [1.82, 2.24) is 4.90 Å². The number of carbonyl (C=O) groups excluding carboxylic acids is 1. The largest absolute Gasteiger partial charge is 0.378 e. The number of hydrogen-bond acceptors (Lipinski definition) is 3. The van der Waals surface area contributed by atoms with Gasteiger partial charge in [0.2, 0.25) is 5.91 Å². The van der Waals surface area contributed by atoms with Crippen LogP contribution in [0.4, 0.5) is 11.4 Å².